The van der Waals surface area contributed by atoms with E-state index in [1.54, 1.807) is 0 Å². The number of rotatable bonds is 1. The molecule has 0 radical (unpaired) electrons. The molecule has 0 atom stereocenters. The second kappa shape index (κ2) is 2.47. The summed E-state index contributed by atoms with van der Waals surface area (Å²) in [4.78, 5) is 35.8. The normalized spacial score (nSPS) is 10.5. The van der Waals surface area contributed by atoms with Gasteiger partial charge in [0.2, 0.25) is 0 Å². The Hall–Kier alpha value is -2.05. The molecule has 0 fully saturated rings. The lowest BCUT2D eigenvalue weighted by atomic mass is 10.5. The number of fused-ring (bicyclic) bond motifs is 1. The van der Waals surface area contributed by atoms with Gasteiger partial charge in [-0.25, -0.2) is 9.78 Å². The van der Waals surface area contributed by atoms with Crippen LogP contribution in [-0.4, -0.2) is 26.8 Å². The number of hydrogen-bond donors (Lipinski definition) is 2. The van der Waals surface area contributed by atoms with E-state index in [0.717, 1.165) is 0 Å². The van der Waals surface area contributed by atoms with Gasteiger partial charge in [0, 0.05) is 0 Å². The van der Waals surface area contributed by atoms with Gasteiger partial charge in [-0.2, -0.15) is 0 Å². The van der Waals surface area contributed by atoms with E-state index in [1.807, 2.05) is 0 Å². The van der Waals surface area contributed by atoms with Gasteiger partial charge < -0.3 is 9.82 Å². The summed E-state index contributed by atoms with van der Waals surface area (Å²) in [6, 6.07) is 0. The molecule has 2 heterocycles. The zero-order valence-electron chi connectivity index (χ0n) is 6.70. The van der Waals surface area contributed by atoms with Crippen molar-refractivity contribution in [3.63, 3.8) is 0 Å². The average Bonchev–Trinajstić information content (AvgIpc) is 2.53. The summed E-state index contributed by atoms with van der Waals surface area (Å²) in [5.74, 6) is 0. The summed E-state index contributed by atoms with van der Waals surface area (Å²) < 4.78 is 0.612. The molecule has 7 heteroatoms. The van der Waals surface area contributed by atoms with E-state index in [9.17, 15) is 9.59 Å². The van der Waals surface area contributed by atoms with E-state index in [4.69, 9.17) is 0 Å². The topological polar surface area (TPSA) is 92.8 Å². The highest BCUT2D eigenvalue weighted by Gasteiger charge is 2.08. The Labute approximate surface area is 70.9 Å². The van der Waals surface area contributed by atoms with Crippen molar-refractivity contribution in [1.82, 2.24) is 19.7 Å². The number of nitrogens with zero attached hydrogens (tertiary/aromatic N) is 2. The smallest absolute Gasteiger partial charge is 0.363 e. The second-order valence-electron chi connectivity index (χ2n) is 2.34. The molecule has 0 unspecified atom stereocenters. The van der Waals surface area contributed by atoms with Crippen LogP contribution in [-0.2, 0) is 0 Å². The predicted molar refractivity (Wildman–Crippen MR) is 43.5 cm³/mol. The molecule has 7 nitrogen and oxygen atoms in total. The first kappa shape index (κ1) is 7.59. The number of H-pyrrole nitrogens is 2. The third-order valence-corrected chi connectivity index (χ3v) is 1.63. The summed E-state index contributed by atoms with van der Waals surface area (Å²) in [5.41, 5.74) is -0.768. The van der Waals surface area contributed by atoms with E-state index in [2.05, 4.69) is 19.8 Å². The molecule has 0 saturated heterocycles. The Bertz CT molecular complexity index is 549. The van der Waals surface area contributed by atoms with Crippen LogP contribution in [0.15, 0.2) is 15.9 Å². The van der Waals surface area contributed by atoms with Crippen molar-refractivity contribution in [3.05, 3.63) is 27.2 Å². The summed E-state index contributed by atoms with van der Waals surface area (Å²) >= 11 is 0. The minimum absolute atomic E-state index is 0.210. The van der Waals surface area contributed by atoms with Gasteiger partial charge in [0.25, 0.3) is 0 Å². The molecule has 0 spiro atoms. The van der Waals surface area contributed by atoms with Gasteiger partial charge in [-0.05, 0) is 0 Å². The summed E-state index contributed by atoms with van der Waals surface area (Å²) in [5, 5.41) is 0. The van der Waals surface area contributed by atoms with Crippen LogP contribution in [0.1, 0.15) is 0 Å². The fourth-order valence-corrected chi connectivity index (χ4v) is 1.06. The van der Waals surface area contributed by atoms with Crippen LogP contribution in [0.4, 0.5) is 0 Å². The first-order chi connectivity index (χ1) is 6.24. The molecular formula is C6H6N4O3. The van der Waals surface area contributed by atoms with Crippen molar-refractivity contribution in [3.8, 4) is 0 Å². The van der Waals surface area contributed by atoms with Crippen LogP contribution in [0.2, 0.25) is 0 Å². The van der Waals surface area contributed by atoms with E-state index < -0.39 is 11.2 Å². The molecule has 0 aromatic carbocycles. The first-order valence-corrected chi connectivity index (χ1v) is 3.47. The van der Waals surface area contributed by atoms with Gasteiger partial charge in [-0.15, -0.1) is 0 Å². The molecule has 0 aliphatic carbocycles. The van der Waals surface area contributed by atoms with Crippen molar-refractivity contribution < 1.29 is 4.84 Å². The summed E-state index contributed by atoms with van der Waals surface area (Å²) in [6.07, 6.45) is 1.32. The highest BCUT2D eigenvalue weighted by molar-refractivity contribution is 5.67. The number of aromatic nitrogens is 4. The fourth-order valence-electron chi connectivity index (χ4n) is 1.06. The Kier molecular flexibility index (Phi) is 1.44. The average molecular weight is 182 g/mol. The zero-order chi connectivity index (χ0) is 9.42. The predicted octanol–water partition coefficient (Wildman–Crippen LogP) is -1.53. The minimum Gasteiger partial charge on any atom is -0.409 e. The maximum atomic E-state index is 11.4. The van der Waals surface area contributed by atoms with E-state index in [-0.39, 0.29) is 11.2 Å². The second-order valence-corrected chi connectivity index (χ2v) is 2.34. The van der Waals surface area contributed by atoms with Crippen LogP contribution >= 0.6 is 0 Å². The molecular weight excluding hydrogens is 176 g/mol. The Morgan fingerprint density at radius 2 is 2.31 bits per heavy atom. The molecule has 2 aromatic heterocycles. The summed E-state index contributed by atoms with van der Waals surface area (Å²) in [7, 11) is 1.23. The molecule has 2 rings (SSSR count). The van der Waals surface area contributed by atoms with Gasteiger partial charge in [0.1, 0.15) is 7.11 Å². The highest BCUT2D eigenvalue weighted by Crippen LogP contribution is 1.93. The quantitative estimate of drug-likeness (QED) is 0.559. The molecule has 0 amide bonds. The van der Waals surface area contributed by atoms with Crippen molar-refractivity contribution in [2.75, 3.05) is 7.11 Å². The van der Waals surface area contributed by atoms with Gasteiger partial charge in [-0.1, -0.05) is 4.73 Å². The number of aromatic amines is 2. The van der Waals surface area contributed by atoms with Crippen molar-refractivity contribution >= 4 is 11.2 Å². The minimum atomic E-state index is -0.646. The van der Waals surface area contributed by atoms with Gasteiger partial charge in [0.05, 0.1) is 6.33 Å². The molecule has 0 bridgehead atoms. The molecule has 2 aromatic rings. The molecule has 0 aliphatic rings. The third kappa shape index (κ3) is 0.934. The standard InChI is InChI=1S/C6H6N4O3/c1-13-10-5(11)3-4(8-2-7-3)9-6(10)12/h2H,1H3,(H,7,8)(H,9,12). The monoisotopic (exact) mass is 182 g/mol. The maximum Gasteiger partial charge on any atom is 0.363 e. The fraction of sp³-hybridized carbons (Fsp3) is 0.167. The lowest BCUT2D eigenvalue weighted by Crippen LogP contribution is -2.38. The van der Waals surface area contributed by atoms with E-state index in [1.165, 1.54) is 13.4 Å². The lowest BCUT2D eigenvalue weighted by molar-refractivity contribution is 0.146. The maximum absolute atomic E-state index is 11.4. The molecule has 0 aliphatic heterocycles. The van der Waals surface area contributed by atoms with Crippen LogP contribution in [0, 0.1) is 0 Å². The molecule has 2 N–H and O–H groups in total. The molecule has 13 heavy (non-hydrogen) atoms. The van der Waals surface area contributed by atoms with Crippen molar-refractivity contribution in [1.29, 1.82) is 0 Å². The number of nitrogens with one attached hydrogen (secondary N) is 2. The van der Waals surface area contributed by atoms with Crippen LogP contribution in [0.5, 0.6) is 0 Å². The zero-order valence-corrected chi connectivity index (χ0v) is 6.70. The first-order valence-electron chi connectivity index (χ1n) is 3.47. The van der Waals surface area contributed by atoms with Crippen LogP contribution in [0.3, 0.4) is 0 Å². The Balaban J connectivity index is 3.02. The van der Waals surface area contributed by atoms with Crippen molar-refractivity contribution in [2.45, 2.75) is 0 Å². The SMILES string of the molecule is COn1c(=O)[nH]c2nc[nH]c2c1=O. The van der Waals surface area contributed by atoms with Crippen molar-refractivity contribution in [2.24, 2.45) is 0 Å². The van der Waals surface area contributed by atoms with Crippen LogP contribution < -0.4 is 16.1 Å². The van der Waals surface area contributed by atoms with Crippen LogP contribution in [0.25, 0.3) is 11.2 Å². The largest absolute Gasteiger partial charge is 0.409 e. The lowest BCUT2D eigenvalue weighted by Gasteiger charge is -1.99. The number of hydrogen-bond acceptors (Lipinski definition) is 4. The van der Waals surface area contributed by atoms with Gasteiger partial charge in [-0.3, -0.25) is 9.78 Å². The summed E-state index contributed by atoms with van der Waals surface area (Å²) in [6.45, 7) is 0. The van der Waals surface area contributed by atoms with E-state index >= 15 is 0 Å². The molecule has 68 valence electrons. The Morgan fingerprint density at radius 1 is 1.54 bits per heavy atom. The Morgan fingerprint density at radius 3 is 3.00 bits per heavy atom. The molecule has 0 saturated carbocycles. The van der Waals surface area contributed by atoms with Gasteiger partial charge in [0.15, 0.2) is 11.2 Å². The highest BCUT2D eigenvalue weighted by atomic mass is 16.7. The number of imidazole rings is 1. The third-order valence-electron chi connectivity index (χ3n) is 1.63. The van der Waals surface area contributed by atoms with E-state index in [0.29, 0.717) is 4.73 Å². The van der Waals surface area contributed by atoms with Gasteiger partial charge >= 0.3 is 11.2 Å².